The molecule has 2 rings (SSSR count). The number of hydrogen-bond donors (Lipinski definition) is 1. The summed E-state index contributed by atoms with van der Waals surface area (Å²) in [6.07, 6.45) is 0.236. The molecule has 0 heterocycles. The molecule has 7 heteroatoms. The lowest BCUT2D eigenvalue weighted by atomic mass is 10.2. The van der Waals surface area contributed by atoms with Crippen LogP contribution in [0.1, 0.15) is 6.42 Å². The summed E-state index contributed by atoms with van der Waals surface area (Å²) in [7, 11) is 3.05. The number of thioether (sulfide) groups is 1. The zero-order valence-corrected chi connectivity index (χ0v) is 15.5. The van der Waals surface area contributed by atoms with Gasteiger partial charge in [-0.15, -0.1) is 11.8 Å². The Morgan fingerprint density at radius 2 is 1.65 bits per heavy atom. The maximum Gasteiger partial charge on any atom is 0.307 e. The van der Waals surface area contributed by atoms with Gasteiger partial charge in [0.15, 0.2) is 6.61 Å². The minimum atomic E-state index is -0.427. The molecule has 1 N–H and O–H groups in total. The van der Waals surface area contributed by atoms with Gasteiger partial charge in [0.05, 0.1) is 20.6 Å². The van der Waals surface area contributed by atoms with Gasteiger partial charge in [-0.3, -0.25) is 9.59 Å². The zero-order valence-electron chi connectivity index (χ0n) is 14.7. The summed E-state index contributed by atoms with van der Waals surface area (Å²) in [5, 5.41) is 2.65. The Kier molecular flexibility index (Phi) is 7.82. The third-order valence-corrected chi connectivity index (χ3v) is 4.33. The fourth-order valence-corrected chi connectivity index (χ4v) is 2.92. The molecule has 0 radical (unpaired) electrons. The van der Waals surface area contributed by atoms with Crippen LogP contribution in [0.3, 0.4) is 0 Å². The third-order valence-electron chi connectivity index (χ3n) is 3.32. The molecule has 0 saturated carbocycles. The smallest absolute Gasteiger partial charge is 0.307 e. The number of benzene rings is 2. The highest BCUT2D eigenvalue weighted by molar-refractivity contribution is 7.99. The Morgan fingerprint density at radius 3 is 2.27 bits per heavy atom. The van der Waals surface area contributed by atoms with Crippen molar-refractivity contribution < 1.29 is 23.8 Å². The van der Waals surface area contributed by atoms with Crippen molar-refractivity contribution in [2.45, 2.75) is 11.3 Å². The quantitative estimate of drug-likeness (QED) is 0.535. The lowest BCUT2D eigenvalue weighted by Gasteiger charge is -2.10. The highest BCUT2D eigenvalue weighted by Crippen LogP contribution is 2.25. The summed E-state index contributed by atoms with van der Waals surface area (Å²) >= 11 is 1.56. The van der Waals surface area contributed by atoms with Crippen LogP contribution in [0.4, 0.5) is 5.69 Å². The van der Waals surface area contributed by atoms with Gasteiger partial charge < -0.3 is 19.5 Å². The van der Waals surface area contributed by atoms with E-state index < -0.39 is 11.9 Å². The van der Waals surface area contributed by atoms with Gasteiger partial charge in [-0.2, -0.15) is 0 Å². The van der Waals surface area contributed by atoms with Crippen LogP contribution in [0.5, 0.6) is 11.5 Å². The van der Waals surface area contributed by atoms with Crippen LogP contribution in [0, 0.1) is 0 Å². The lowest BCUT2D eigenvalue weighted by Crippen LogP contribution is -2.21. The number of hydrogen-bond acceptors (Lipinski definition) is 6. The molecule has 2 aromatic rings. The topological polar surface area (TPSA) is 73.9 Å². The average molecular weight is 375 g/mol. The van der Waals surface area contributed by atoms with Gasteiger partial charge in [-0.25, -0.2) is 0 Å². The number of anilines is 1. The third kappa shape index (κ3) is 6.68. The highest BCUT2D eigenvalue weighted by atomic mass is 32.2. The predicted octanol–water partition coefficient (Wildman–Crippen LogP) is 3.37. The molecule has 0 aliphatic heterocycles. The molecule has 1 amide bonds. The highest BCUT2D eigenvalue weighted by Gasteiger charge is 2.10. The number of esters is 1. The number of ether oxygens (including phenoxy) is 3. The van der Waals surface area contributed by atoms with Crippen LogP contribution >= 0.6 is 11.8 Å². The number of amides is 1. The minimum Gasteiger partial charge on any atom is -0.497 e. The van der Waals surface area contributed by atoms with Crippen molar-refractivity contribution in [2.75, 3.05) is 31.9 Å². The summed E-state index contributed by atoms with van der Waals surface area (Å²) in [4.78, 5) is 24.8. The standard InChI is InChI=1S/C19H21NO5S/c1-23-15-10-14(11-16(12-15)24-2)20-18(21)13-25-19(22)8-9-26-17-6-4-3-5-7-17/h3-7,10-12H,8-9,13H2,1-2H3,(H,20,21). The Labute approximate surface area is 156 Å². The Balaban J connectivity index is 1.73. The molecule has 0 aliphatic carbocycles. The summed E-state index contributed by atoms with van der Waals surface area (Å²) in [6, 6.07) is 14.8. The van der Waals surface area contributed by atoms with Crippen molar-refractivity contribution >= 4 is 29.3 Å². The summed E-state index contributed by atoms with van der Waals surface area (Å²) < 4.78 is 15.3. The predicted molar refractivity (Wildman–Crippen MR) is 101 cm³/mol. The summed E-state index contributed by atoms with van der Waals surface area (Å²) in [6.45, 7) is -0.339. The SMILES string of the molecule is COc1cc(NC(=O)COC(=O)CCSc2ccccc2)cc(OC)c1. The van der Waals surface area contributed by atoms with Crippen molar-refractivity contribution in [1.29, 1.82) is 0 Å². The van der Waals surface area contributed by atoms with Crippen molar-refractivity contribution in [3.8, 4) is 11.5 Å². The zero-order chi connectivity index (χ0) is 18.8. The number of carbonyl (C=O) groups is 2. The first-order chi connectivity index (χ1) is 12.6. The van der Waals surface area contributed by atoms with Crippen molar-refractivity contribution in [1.82, 2.24) is 0 Å². The Morgan fingerprint density at radius 1 is 1.00 bits per heavy atom. The Hall–Kier alpha value is -2.67. The molecule has 0 aromatic heterocycles. The number of methoxy groups -OCH3 is 2. The number of carbonyl (C=O) groups excluding carboxylic acids is 2. The van der Waals surface area contributed by atoms with Gasteiger partial charge in [-0.05, 0) is 12.1 Å². The molecule has 0 spiro atoms. The first-order valence-corrected chi connectivity index (χ1v) is 8.95. The van der Waals surface area contributed by atoms with E-state index in [1.807, 2.05) is 30.3 Å². The maximum absolute atomic E-state index is 11.9. The van der Waals surface area contributed by atoms with Crippen LogP contribution in [0.25, 0.3) is 0 Å². The van der Waals surface area contributed by atoms with E-state index in [1.54, 1.807) is 30.0 Å². The van der Waals surface area contributed by atoms with Crippen LogP contribution in [0.15, 0.2) is 53.4 Å². The molecule has 26 heavy (non-hydrogen) atoms. The van der Waals surface area contributed by atoms with Crippen molar-refractivity contribution in [2.24, 2.45) is 0 Å². The second kappa shape index (κ2) is 10.4. The van der Waals surface area contributed by atoms with Gasteiger partial charge in [0.2, 0.25) is 0 Å². The van der Waals surface area contributed by atoms with Crippen molar-refractivity contribution in [3.63, 3.8) is 0 Å². The van der Waals surface area contributed by atoms with Gasteiger partial charge in [0.1, 0.15) is 11.5 Å². The van der Waals surface area contributed by atoms with E-state index in [4.69, 9.17) is 14.2 Å². The minimum absolute atomic E-state index is 0.236. The molecule has 138 valence electrons. The van der Waals surface area contributed by atoms with Gasteiger partial charge >= 0.3 is 5.97 Å². The maximum atomic E-state index is 11.9. The fourth-order valence-electron chi connectivity index (χ4n) is 2.06. The monoisotopic (exact) mass is 375 g/mol. The first-order valence-electron chi connectivity index (χ1n) is 7.97. The molecule has 2 aromatic carbocycles. The van der Waals surface area contributed by atoms with E-state index in [2.05, 4.69) is 5.32 Å². The summed E-state index contributed by atoms with van der Waals surface area (Å²) in [5.74, 6) is 0.859. The van der Waals surface area contributed by atoms with E-state index in [0.29, 0.717) is 22.9 Å². The van der Waals surface area contributed by atoms with E-state index >= 15 is 0 Å². The normalized spacial score (nSPS) is 10.1. The van der Waals surface area contributed by atoms with E-state index in [-0.39, 0.29) is 13.0 Å². The van der Waals surface area contributed by atoms with Crippen LogP contribution in [-0.2, 0) is 14.3 Å². The van der Waals surface area contributed by atoms with E-state index in [0.717, 1.165) is 4.90 Å². The van der Waals surface area contributed by atoms with Crippen LogP contribution in [0.2, 0.25) is 0 Å². The largest absolute Gasteiger partial charge is 0.497 e. The molecule has 0 bridgehead atoms. The molecule has 6 nitrogen and oxygen atoms in total. The molecule has 0 saturated heterocycles. The van der Waals surface area contributed by atoms with E-state index in [1.165, 1.54) is 14.2 Å². The molecule has 0 fully saturated rings. The van der Waals surface area contributed by atoms with Gasteiger partial charge in [-0.1, -0.05) is 18.2 Å². The summed E-state index contributed by atoms with van der Waals surface area (Å²) in [5.41, 5.74) is 0.502. The fraction of sp³-hybridized carbons (Fsp3) is 0.263. The van der Waals surface area contributed by atoms with Gasteiger partial charge in [0.25, 0.3) is 5.91 Å². The number of rotatable bonds is 9. The van der Waals surface area contributed by atoms with Gasteiger partial charge in [0, 0.05) is 34.5 Å². The van der Waals surface area contributed by atoms with E-state index in [9.17, 15) is 9.59 Å². The molecular formula is C19H21NO5S. The molecule has 0 unspecified atom stereocenters. The van der Waals surface area contributed by atoms with Crippen LogP contribution < -0.4 is 14.8 Å². The second-order valence-electron chi connectivity index (χ2n) is 5.22. The second-order valence-corrected chi connectivity index (χ2v) is 6.39. The first kappa shape index (κ1) is 19.7. The Bertz CT molecular complexity index is 714. The molecule has 0 aliphatic rings. The van der Waals surface area contributed by atoms with Crippen molar-refractivity contribution in [3.05, 3.63) is 48.5 Å². The average Bonchev–Trinajstić information content (AvgIpc) is 2.66. The van der Waals surface area contributed by atoms with Crippen LogP contribution in [-0.4, -0.2) is 38.5 Å². The molecular weight excluding hydrogens is 354 g/mol. The molecule has 0 atom stereocenters. The lowest BCUT2D eigenvalue weighted by molar-refractivity contribution is -0.146. The number of nitrogens with one attached hydrogen (secondary N) is 1.